The quantitative estimate of drug-likeness (QED) is 0.924. The first-order valence-corrected chi connectivity index (χ1v) is 6.31. The van der Waals surface area contributed by atoms with Gasteiger partial charge >= 0.3 is 0 Å². The van der Waals surface area contributed by atoms with E-state index in [1.54, 1.807) is 0 Å². The first-order chi connectivity index (χ1) is 9.49. The zero-order valence-electron chi connectivity index (χ0n) is 11.4. The summed E-state index contributed by atoms with van der Waals surface area (Å²) in [5.74, 6) is -2.21. The van der Waals surface area contributed by atoms with Gasteiger partial charge in [-0.3, -0.25) is 0 Å². The average molecular weight is 278 g/mol. The number of aliphatic hydroxyl groups is 1. The summed E-state index contributed by atoms with van der Waals surface area (Å²) in [5.41, 5.74) is 2.66. The van der Waals surface area contributed by atoms with Crippen molar-refractivity contribution in [2.75, 3.05) is 6.61 Å². The van der Waals surface area contributed by atoms with Crippen molar-refractivity contribution in [3.63, 3.8) is 0 Å². The minimum absolute atomic E-state index is 0.134. The summed E-state index contributed by atoms with van der Waals surface area (Å²) in [5, 5.41) is 10.1. The first-order valence-electron chi connectivity index (χ1n) is 6.31. The van der Waals surface area contributed by atoms with Crippen LogP contribution < -0.4 is 4.74 Å². The molecule has 0 bridgehead atoms. The van der Waals surface area contributed by atoms with Crippen LogP contribution in [0.1, 0.15) is 22.8 Å². The third kappa shape index (κ3) is 3.14. The number of benzene rings is 2. The maximum absolute atomic E-state index is 13.4. The predicted octanol–water partition coefficient (Wildman–Crippen LogP) is 3.69. The minimum atomic E-state index is -1.04. The normalized spacial score (nSPS) is 12.2. The van der Waals surface area contributed by atoms with Gasteiger partial charge in [0.05, 0.1) is 0 Å². The van der Waals surface area contributed by atoms with Gasteiger partial charge in [-0.2, -0.15) is 4.39 Å². The maximum Gasteiger partial charge on any atom is 0.200 e. The Morgan fingerprint density at radius 3 is 2.65 bits per heavy atom. The Labute approximate surface area is 116 Å². The van der Waals surface area contributed by atoms with Gasteiger partial charge in [-0.1, -0.05) is 29.8 Å². The Kier molecular flexibility index (Phi) is 4.35. The molecule has 2 rings (SSSR count). The molecule has 2 aromatic carbocycles. The van der Waals surface area contributed by atoms with Gasteiger partial charge in [0.2, 0.25) is 5.82 Å². The fourth-order valence-corrected chi connectivity index (χ4v) is 1.97. The highest BCUT2D eigenvalue weighted by Gasteiger charge is 2.14. The van der Waals surface area contributed by atoms with Crippen LogP contribution in [-0.2, 0) is 0 Å². The standard InChI is InChI=1S/C16H16F2O2/c1-10-6-7-11(2)12(8-10)14(19)9-20-15-5-3-4-13(17)16(15)18/h3-8,14,19H,9H2,1-2H3. The smallest absolute Gasteiger partial charge is 0.200 e. The number of hydrogen-bond acceptors (Lipinski definition) is 2. The van der Waals surface area contributed by atoms with Gasteiger partial charge in [-0.05, 0) is 37.1 Å². The van der Waals surface area contributed by atoms with Crippen LogP contribution in [0.25, 0.3) is 0 Å². The molecule has 0 spiro atoms. The second-order valence-corrected chi connectivity index (χ2v) is 4.74. The zero-order valence-corrected chi connectivity index (χ0v) is 11.4. The molecule has 0 aliphatic rings. The van der Waals surface area contributed by atoms with Crippen molar-refractivity contribution in [1.82, 2.24) is 0 Å². The summed E-state index contributed by atoms with van der Waals surface area (Å²) in [6, 6.07) is 9.40. The van der Waals surface area contributed by atoms with Gasteiger partial charge in [0, 0.05) is 0 Å². The summed E-state index contributed by atoms with van der Waals surface area (Å²) in [4.78, 5) is 0. The fourth-order valence-electron chi connectivity index (χ4n) is 1.97. The molecule has 0 heterocycles. The van der Waals surface area contributed by atoms with Gasteiger partial charge in [-0.25, -0.2) is 4.39 Å². The number of aliphatic hydroxyl groups excluding tert-OH is 1. The average Bonchev–Trinajstić information content (AvgIpc) is 2.43. The van der Waals surface area contributed by atoms with E-state index >= 15 is 0 Å². The molecule has 1 N–H and O–H groups in total. The molecule has 0 saturated heterocycles. The molecule has 2 nitrogen and oxygen atoms in total. The highest BCUT2D eigenvalue weighted by atomic mass is 19.2. The van der Waals surface area contributed by atoms with Crippen LogP contribution >= 0.6 is 0 Å². The van der Waals surface area contributed by atoms with Crippen molar-refractivity contribution < 1.29 is 18.6 Å². The molecule has 0 aliphatic heterocycles. The highest BCUT2D eigenvalue weighted by molar-refractivity contribution is 5.32. The molecule has 1 atom stereocenters. The van der Waals surface area contributed by atoms with Crippen molar-refractivity contribution >= 4 is 0 Å². The van der Waals surface area contributed by atoms with E-state index in [0.29, 0.717) is 0 Å². The molecule has 2 aromatic rings. The van der Waals surface area contributed by atoms with Crippen molar-refractivity contribution in [1.29, 1.82) is 0 Å². The van der Waals surface area contributed by atoms with Crippen LogP contribution in [0.5, 0.6) is 5.75 Å². The Bertz CT molecular complexity index is 611. The predicted molar refractivity (Wildman–Crippen MR) is 72.7 cm³/mol. The Morgan fingerprint density at radius 2 is 1.90 bits per heavy atom. The van der Waals surface area contributed by atoms with Crippen molar-refractivity contribution in [2.45, 2.75) is 20.0 Å². The molecule has 0 fully saturated rings. The van der Waals surface area contributed by atoms with Crippen LogP contribution in [-0.4, -0.2) is 11.7 Å². The molecular formula is C16H16F2O2. The molecule has 20 heavy (non-hydrogen) atoms. The second-order valence-electron chi connectivity index (χ2n) is 4.74. The van der Waals surface area contributed by atoms with Crippen LogP contribution in [0.3, 0.4) is 0 Å². The van der Waals surface area contributed by atoms with Gasteiger partial charge in [0.15, 0.2) is 11.6 Å². The summed E-state index contributed by atoms with van der Waals surface area (Å²) in [6.45, 7) is 3.66. The van der Waals surface area contributed by atoms with E-state index < -0.39 is 17.7 Å². The molecule has 0 saturated carbocycles. The summed E-state index contributed by atoms with van der Waals surface area (Å²) < 4.78 is 31.6. The number of ether oxygens (including phenoxy) is 1. The van der Waals surface area contributed by atoms with Gasteiger partial charge in [0.1, 0.15) is 12.7 Å². The number of aryl methyl sites for hydroxylation is 2. The molecular weight excluding hydrogens is 262 g/mol. The van der Waals surface area contributed by atoms with E-state index in [-0.39, 0.29) is 12.4 Å². The summed E-state index contributed by atoms with van der Waals surface area (Å²) in [7, 11) is 0. The molecule has 0 amide bonds. The van der Waals surface area contributed by atoms with Crippen molar-refractivity contribution in [3.8, 4) is 5.75 Å². The monoisotopic (exact) mass is 278 g/mol. The third-order valence-corrected chi connectivity index (χ3v) is 3.11. The Balaban J connectivity index is 2.10. The van der Waals surface area contributed by atoms with E-state index in [9.17, 15) is 13.9 Å². The lowest BCUT2D eigenvalue weighted by atomic mass is 10.0. The maximum atomic E-state index is 13.4. The molecule has 106 valence electrons. The van der Waals surface area contributed by atoms with Gasteiger partial charge in [0.25, 0.3) is 0 Å². The van der Waals surface area contributed by atoms with Crippen molar-refractivity contribution in [2.24, 2.45) is 0 Å². The molecule has 0 radical (unpaired) electrons. The lowest BCUT2D eigenvalue weighted by Crippen LogP contribution is -2.12. The SMILES string of the molecule is Cc1ccc(C)c(C(O)COc2cccc(F)c2F)c1. The molecule has 4 heteroatoms. The van der Waals surface area contributed by atoms with Crippen LogP contribution in [0.15, 0.2) is 36.4 Å². The van der Waals surface area contributed by atoms with E-state index in [1.807, 2.05) is 32.0 Å². The molecule has 0 aliphatic carbocycles. The second kappa shape index (κ2) is 6.01. The zero-order chi connectivity index (χ0) is 14.7. The van der Waals surface area contributed by atoms with E-state index in [1.165, 1.54) is 12.1 Å². The van der Waals surface area contributed by atoms with E-state index in [0.717, 1.165) is 22.8 Å². The van der Waals surface area contributed by atoms with Gasteiger partial charge in [-0.15, -0.1) is 0 Å². The fraction of sp³-hybridized carbons (Fsp3) is 0.250. The molecule has 1 unspecified atom stereocenters. The first kappa shape index (κ1) is 14.5. The third-order valence-electron chi connectivity index (χ3n) is 3.11. The minimum Gasteiger partial charge on any atom is -0.487 e. The lowest BCUT2D eigenvalue weighted by molar-refractivity contribution is 0.105. The number of halogens is 2. The lowest BCUT2D eigenvalue weighted by Gasteiger charge is -2.16. The number of hydrogen-bond donors (Lipinski definition) is 1. The van der Waals surface area contributed by atoms with E-state index in [2.05, 4.69) is 0 Å². The Morgan fingerprint density at radius 1 is 1.15 bits per heavy atom. The largest absolute Gasteiger partial charge is 0.487 e. The van der Waals surface area contributed by atoms with Crippen LogP contribution in [0, 0.1) is 25.5 Å². The van der Waals surface area contributed by atoms with Crippen LogP contribution in [0.2, 0.25) is 0 Å². The van der Waals surface area contributed by atoms with Crippen molar-refractivity contribution in [3.05, 3.63) is 64.7 Å². The summed E-state index contributed by atoms with van der Waals surface area (Å²) >= 11 is 0. The topological polar surface area (TPSA) is 29.5 Å². The summed E-state index contributed by atoms with van der Waals surface area (Å²) in [6.07, 6.45) is -0.891. The van der Waals surface area contributed by atoms with Gasteiger partial charge < -0.3 is 9.84 Å². The Hall–Kier alpha value is -1.94. The molecule has 0 aromatic heterocycles. The number of rotatable bonds is 4. The highest BCUT2D eigenvalue weighted by Crippen LogP contribution is 2.23. The van der Waals surface area contributed by atoms with Crippen LogP contribution in [0.4, 0.5) is 8.78 Å². The van der Waals surface area contributed by atoms with E-state index in [4.69, 9.17) is 4.74 Å².